The van der Waals surface area contributed by atoms with Crippen LogP contribution in [0.25, 0.3) is 0 Å². The van der Waals surface area contributed by atoms with Crippen LogP contribution in [0.2, 0.25) is 0 Å². The molecule has 0 bridgehead atoms. The van der Waals surface area contributed by atoms with Gasteiger partial charge in [-0.1, -0.05) is 45.9 Å². The number of carbonyl (C=O) groups excluding carboxylic acids is 2. The van der Waals surface area contributed by atoms with E-state index in [4.69, 9.17) is 9.47 Å². The van der Waals surface area contributed by atoms with Crippen LogP contribution in [0.3, 0.4) is 0 Å². The Bertz CT molecular complexity index is 666. The van der Waals surface area contributed by atoms with E-state index >= 15 is 0 Å². The van der Waals surface area contributed by atoms with Crippen LogP contribution in [0.5, 0.6) is 0 Å². The summed E-state index contributed by atoms with van der Waals surface area (Å²) in [6, 6.07) is 0. The van der Waals surface area contributed by atoms with Gasteiger partial charge in [0.25, 0.3) is 0 Å². The first kappa shape index (κ1) is 22.1. The second-order valence-electron chi connectivity index (χ2n) is 9.36. The molecule has 5 heteroatoms. The van der Waals surface area contributed by atoms with Gasteiger partial charge in [0.15, 0.2) is 0 Å². The topological polar surface area (TPSA) is 72.8 Å². The monoisotopic (exact) mass is 404 g/mol. The molecule has 1 heterocycles. The van der Waals surface area contributed by atoms with Crippen LogP contribution >= 0.6 is 0 Å². The minimum atomic E-state index is -0.597. The molecule has 1 fully saturated rings. The van der Waals surface area contributed by atoms with E-state index in [1.54, 1.807) is 0 Å². The van der Waals surface area contributed by atoms with Gasteiger partial charge in [-0.3, -0.25) is 9.59 Å². The fourth-order valence-electron chi connectivity index (χ4n) is 5.07. The molecular weight excluding hydrogens is 368 g/mol. The van der Waals surface area contributed by atoms with Crippen LogP contribution in [0.1, 0.15) is 66.2 Å². The van der Waals surface area contributed by atoms with Gasteiger partial charge in [0, 0.05) is 12.3 Å². The number of cyclic esters (lactones) is 1. The van der Waals surface area contributed by atoms with Crippen molar-refractivity contribution in [1.82, 2.24) is 0 Å². The van der Waals surface area contributed by atoms with Crippen molar-refractivity contribution < 1.29 is 24.2 Å². The summed E-state index contributed by atoms with van der Waals surface area (Å²) in [6.07, 6.45) is 9.70. The van der Waals surface area contributed by atoms with Gasteiger partial charge < -0.3 is 14.6 Å². The van der Waals surface area contributed by atoms with E-state index in [9.17, 15) is 14.7 Å². The first-order chi connectivity index (χ1) is 13.8. The molecule has 1 aliphatic heterocycles. The average molecular weight is 405 g/mol. The smallest absolute Gasteiger partial charge is 0.308 e. The molecule has 162 valence electrons. The van der Waals surface area contributed by atoms with Gasteiger partial charge in [0.05, 0.1) is 18.4 Å². The van der Waals surface area contributed by atoms with Crippen LogP contribution in [0.15, 0.2) is 23.8 Å². The number of fused-ring (bicyclic) bond motifs is 1. The molecule has 29 heavy (non-hydrogen) atoms. The first-order valence-corrected chi connectivity index (χ1v) is 11.3. The highest BCUT2D eigenvalue weighted by Gasteiger charge is 2.42. The molecule has 0 aromatic heterocycles. The Morgan fingerprint density at radius 2 is 2.07 bits per heavy atom. The van der Waals surface area contributed by atoms with Crippen LogP contribution < -0.4 is 0 Å². The molecule has 1 N–H and O–H groups in total. The molecule has 6 unspecified atom stereocenters. The minimum Gasteiger partial charge on any atom is -0.462 e. The zero-order valence-corrected chi connectivity index (χ0v) is 18.2. The second-order valence-corrected chi connectivity index (χ2v) is 9.36. The van der Waals surface area contributed by atoms with Crippen molar-refractivity contribution >= 4 is 11.9 Å². The Labute approximate surface area is 174 Å². The number of aliphatic hydroxyl groups is 1. The fraction of sp³-hybridized carbons (Fsp3) is 0.750. The van der Waals surface area contributed by atoms with Gasteiger partial charge in [-0.25, -0.2) is 0 Å². The molecule has 0 aromatic carbocycles. The molecular formula is C24H36O5. The summed E-state index contributed by atoms with van der Waals surface area (Å²) in [4.78, 5) is 24.2. The number of esters is 2. The van der Waals surface area contributed by atoms with Gasteiger partial charge in [-0.2, -0.15) is 0 Å². The summed E-state index contributed by atoms with van der Waals surface area (Å²) >= 11 is 0. The lowest BCUT2D eigenvalue weighted by Gasteiger charge is -2.43. The minimum absolute atomic E-state index is 0.0854. The third-order valence-corrected chi connectivity index (χ3v) is 6.93. The van der Waals surface area contributed by atoms with Gasteiger partial charge in [0.1, 0.15) is 12.2 Å². The van der Waals surface area contributed by atoms with Crippen LogP contribution in [-0.2, 0) is 19.1 Å². The Morgan fingerprint density at radius 1 is 1.31 bits per heavy atom. The number of hydrogen-bond acceptors (Lipinski definition) is 5. The molecule has 0 amide bonds. The standard InChI is InChI=1S/C24H36O5/c1-5-15(3)24(27)29-21-11-14(2)10-17-7-6-16(4)20(23(17)21)9-8-19-12-18(25)13-22(26)28-19/h6-7,10,14-16,18-21,23,25H,5,8-9,11-13H2,1-4H3/t14?,15?,16?,18?,19-,20?,21+,23?/m1/s1. The van der Waals surface area contributed by atoms with Crippen LogP contribution in [0, 0.1) is 29.6 Å². The number of ether oxygens (including phenoxy) is 2. The Morgan fingerprint density at radius 3 is 2.76 bits per heavy atom. The maximum Gasteiger partial charge on any atom is 0.308 e. The number of carbonyl (C=O) groups is 2. The average Bonchev–Trinajstić information content (AvgIpc) is 2.65. The molecule has 2 aliphatic carbocycles. The normalized spacial score (nSPS) is 37.9. The van der Waals surface area contributed by atoms with E-state index in [0.29, 0.717) is 24.2 Å². The summed E-state index contributed by atoms with van der Waals surface area (Å²) in [5.41, 5.74) is 1.27. The summed E-state index contributed by atoms with van der Waals surface area (Å²) < 4.78 is 11.5. The maximum absolute atomic E-state index is 12.5. The molecule has 3 aliphatic rings. The summed E-state index contributed by atoms with van der Waals surface area (Å²) in [7, 11) is 0. The van der Waals surface area contributed by atoms with Gasteiger partial charge in [-0.15, -0.1) is 0 Å². The lowest BCUT2D eigenvalue weighted by molar-refractivity contribution is -0.162. The van der Waals surface area contributed by atoms with Gasteiger partial charge in [0.2, 0.25) is 0 Å². The van der Waals surface area contributed by atoms with Crippen molar-refractivity contribution in [2.75, 3.05) is 0 Å². The number of rotatable bonds is 6. The number of allylic oxidation sites excluding steroid dienone is 3. The lowest BCUT2D eigenvalue weighted by Crippen LogP contribution is -2.42. The molecule has 0 spiro atoms. The number of aliphatic hydroxyl groups excluding tert-OH is 1. The molecule has 0 radical (unpaired) electrons. The quantitative estimate of drug-likeness (QED) is 0.672. The zero-order valence-electron chi connectivity index (χ0n) is 18.2. The highest BCUT2D eigenvalue weighted by atomic mass is 16.5. The molecule has 5 nitrogen and oxygen atoms in total. The Kier molecular flexibility index (Phi) is 7.20. The molecule has 1 saturated heterocycles. The van der Waals surface area contributed by atoms with Crippen molar-refractivity contribution in [1.29, 1.82) is 0 Å². The Balaban J connectivity index is 1.74. The molecule has 0 aromatic rings. The van der Waals surface area contributed by atoms with Crippen molar-refractivity contribution in [3.8, 4) is 0 Å². The van der Waals surface area contributed by atoms with E-state index in [1.165, 1.54) is 5.57 Å². The molecule has 8 atom stereocenters. The highest BCUT2D eigenvalue weighted by molar-refractivity contribution is 5.72. The SMILES string of the molecule is CCC(C)C(=O)O[C@H]1CC(C)C=C2C=CC(C)C(CC[C@@H]3CC(O)CC(=O)O3)C21. The maximum atomic E-state index is 12.5. The van der Waals surface area contributed by atoms with E-state index < -0.39 is 6.10 Å². The van der Waals surface area contributed by atoms with Crippen molar-refractivity contribution in [2.24, 2.45) is 29.6 Å². The first-order valence-electron chi connectivity index (χ1n) is 11.3. The highest BCUT2D eigenvalue weighted by Crippen LogP contribution is 2.45. The summed E-state index contributed by atoms with van der Waals surface area (Å²) in [6.45, 7) is 8.33. The third kappa shape index (κ3) is 5.30. The summed E-state index contributed by atoms with van der Waals surface area (Å²) in [5.74, 6) is 0.755. The van der Waals surface area contributed by atoms with Gasteiger partial charge >= 0.3 is 11.9 Å². The van der Waals surface area contributed by atoms with E-state index in [1.807, 2.05) is 13.8 Å². The van der Waals surface area contributed by atoms with E-state index in [-0.39, 0.29) is 42.4 Å². The second kappa shape index (κ2) is 9.46. The van der Waals surface area contributed by atoms with Crippen LogP contribution in [0.4, 0.5) is 0 Å². The van der Waals surface area contributed by atoms with E-state index in [2.05, 4.69) is 32.1 Å². The Hall–Kier alpha value is -1.62. The zero-order chi connectivity index (χ0) is 21.1. The fourth-order valence-corrected chi connectivity index (χ4v) is 5.07. The van der Waals surface area contributed by atoms with Crippen LogP contribution in [-0.4, -0.2) is 35.4 Å². The summed E-state index contributed by atoms with van der Waals surface area (Å²) in [5, 5.41) is 9.89. The van der Waals surface area contributed by atoms with Crippen molar-refractivity contribution in [2.45, 2.75) is 84.5 Å². The van der Waals surface area contributed by atoms with Crippen molar-refractivity contribution in [3.05, 3.63) is 23.8 Å². The van der Waals surface area contributed by atoms with E-state index in [0.717, 1.165) is 25.7 Å². The van der Waals surface area contributed by atoms with Gasteiger partial charge in [-0.05, 0) is 49.0 Å². The largest absolute Gasteiger partial charge is 0.462 e. The predicted molar refractivity (Wildman–Crippen MR) is 111 cm³/mol. The lowest BCUT2D eigenvalue weighted by atomic mass is 9.65. The third-order valence-electron chi connectivity index (χ3n) is 6.93. The molecule has 3 rings (SSSR count). The molecule has 0 saturated carbocycles. The van der Waals surface area contributed by atoms with Crippen molar-refractivity contribution in [3.63, 3.8) is 0 Å². The predicted octanol–water partition coefficient (Wildman–Crippen LogP) is 4.20. The number of hydrogen-bond donors (Lipinski definition) is 1.